The quantitative estimate of drug-likeness (QED) is 0.598. The van der Waals surface area contributed by atoms with Gasteiger partial charge in [0.25, 0.3) is 5.56 Å². The lowest BCUT2D eigenvalue weighted by Crippen LogP contribution is -2.47. The van der Waals surface area contributed by atoms with Gasteiger partial charge in [-0.15, -0.1) is 5.10 Å². The van der Waals surface area contributed by atoms with Crippen LogP contribution in [0.4, 0.5) is 0 Å². The van der Waals surface area contributed by atoms with Gasteiger partial charge in [0.05, 0.1) is 18.2 Å². The van der Waals surface area contributed by atoms with E-state index in [2.05, 4.69) is 37.4 Å². The average molecular weight is 454 g/mol. The Morgan fingerprint density at radius 1 is 1.15 bits per heavy atom. The first-order valence-electron chi connectivity index (χ1n) is 11.4. The van der Waals surface area contributed by atoms with E-state index in [1.165, 1.54) is 0 Å². The number of nitrogens with zero attached hydrogens (tertiary/aromatic N) is 6. The van der Waals surface area contributed by atoms with Crippen LogP contribution in [0.5, 0.6) is 11.5 Å². The molecular formula is C22H27N7O4. The molecule has 0 unspecified atom stereocenters. The minimum absolute atomic E-state index is 0.0926. The minimum Gasteiger partial charge on any atom is -0.454 e. The lowest BCUT2D eigenvalue weighted by atomic mass is 10.0. The highest BCUT2D eigenvalue weighted by Gasteiger charge is 2.33. The summed E-state index contributed by atoms with van der Waals surface area (Å²) in [6.07, 6.45) is 2.13. The highest BCUT2D eigenvalue weighted by atomic mass is 16.7. The Morgan fingerprint density at radius 2 is 1.97 bits per heavy atom. The zero-order valence-corrected chi connectivity index (χ0v) is 18.6. The van der Waals surface area contributed by atoms with Gasteiger partial charge in [-0.05, 0) is 42.4 Å². The number of tetrazole rings is 1. The molecule has 0 amide bonds. The van der Waals surface area contributed by atoms with Crippen molar-refractivity contribution in [3.63, 3.8) is 0 Å². The Bertz CT molecular complexity index is 1210. The van der Waals surface area contributed by atoms with Gasteiger partial charge in [-0.3, -0.25) is 9.69 Å². The molecule has 33 heavy (non-hydrogen) atoms. The van der Waals surface area contributed by atoms with Crippen molar-refractivity contribution in [2.24, 2.45) is 0 Å². The molecule has 2 aromatic heterocycles. The van der Waals surface area contributed by atoms with Gasteiger partial charge in [0.1, 0.15) is 6.04 Å². The van der Waals surface area contributed by atoms with E-state index in [0.29, 0.717) is 34.9 Å². The number of aromatic amines is 1. The fourth-order valence-electron chi connectivity index (χ4n) is 4.91. The number of likely N-dealkylation sites (N-methyl/N-ethyl adjacent to an activating group) is 1. The molecule has 3 aliphatic rings. The summed E-state index contributed by atoms with van der Waals surface area (Å²) in [6, 6.07) is 5.29. The molecule has 3 aromatic rings. The molecule has 0 radical (unpaired) electrons. The molecule has 11 heteroatoms. The van der Waals surface area contributed by atoms with Crippen LogP contribution in [0.15, 0.2) is 23.0 Å². The second-order valence-electron chi connectivity index (χ2n) is 8.94. The van der Waals surface area contributed by atoms with Gasteiger partial charge in [-0.25, -0.2) is 4.68 Å². The molecule has 11 nitrogen and oxygen atoms in total. The fourth-order valence-corrected chi connectivity index (χ4v) is 4.91. The first-order valence-corrected chi connectivity index (χ1v) is 11.4. The number of aromatic nitrogens is 5. The van der Waals surface area contributed by atoms with Crippen LogP contribution in [0.3, 0.4) is 0 Å². The number of pyridine rings is 1. The van der Waals surface area contributed by atoms with Crippen LogP contribution in [0.2, 0.25) is 0 Å². The Labute approximate surface area is 190 Å². The molecule has 0 bridgehead atoms. The van der Waals surface area contributed by atoms with Crippen LogP contribution in [0.25, 0.3) is 10.9 Å². The first kappa shape index (κ1) is 20.6. The standard InChI is InChI=1S/C22H27N7O4/c1-27-4-6-28(7-5-27)20(21-24-25-26-29(21)12-15-3-2-8-31-15)16-9-14-10-18-19(33-13-32-18)11-17(14)23-22(16)30/h9-11,15,20H,2-8,12-13H2,1H3,(H,23,30)/t15-,20+/m1/s1. The second kappa shape index (κ2) is 8.40. The SMILES string of the molecule is CN1CCN([C@@H](c2cc3cc4c(cc3[nH]c2=O)OCO4)c2nnnn2C[C@H]2CCCO2)CC1. The number of hydrogen-bond acceptors (Lipinski definition) is 9. The van der Waals surface area contributed by atoms with Gasteiger partial charge in [0.2, 0.25) is 6.79 Å². The summed E-state index contributed by atoms with van der Waals surface area (Å²) in [5.41, 5.74) is 1.18. The summed E-state index contributed by atoms with van der Waals surface area (Å²) in [5.74, 6) is 1.99. The molecule has 1 N–H and O–H groups in total. The van der Waals surface area contributed by atoms with Crippen LogP contribution in [0.1, 0.15) is 30.3 Å². The predicted octanol–water partition coefficient (Wildman–Crippen LogP) is 0.759. The second-order valence-corrected chi connectivity index (χ2v) is 8.94. The van der Waals surface area contributed by atoms with Crippen LogP contribution >= 0.6 is 0 Å². The highest BCUT2D eigenvalue weighted by Crippen LogP contribution is 2.36. The molecule has 1 aromatic carbocycles. The van der Waals surface area contributed by atoms with E-state index in [1.54, 1.807) is 0 Å². The predicted molar refractivity (Wildman–Crippen MR) is 118 cm³/mol. The maximum Gasteiger partial charge on any atom is 0.253 e. The summed E-state index contributed by atoms with van der Waals surface area (Å²) in [5, 5.41) is 13.5. The fraction of sp³-hybridized carbons (Fsp3) is 0.545. The van der Waals surface area contributed by atoms with Crippen LogP contribution < -0.4 is 15.0 Å². The number of fused-ring (bicyclic) bond motifs is 2. The number of benzene rings is 1. The molecule has 0 aliphatic carbocycles. The Morgan fingerprint density at radius 3 is 2.76 bits per heavy atom. The van der Waals surface area contributed by atoms with Gasteiger partial charge in [0.15, 0.2) is 17.3 Å². The van der Waals surface area contributed by atoms with Crippen molar-refractivity contribution < 1.29 is 14.2 Å². The molecule has 5 heterocycles. The van der Waals surface area contributed by atoms with E-state index in [9.17, 15) is 4.79 Å². The normalized spacial score (nSPS) is 22.3. The summed E-state index contributed by atoms with van der Waals surface area (Å²) in [6.45, 7) is 4.98. The van der Waals surface area contributed by atoms with Crippen LogP contribution in [0, 0.1) is 0 Å². The number of nitrogens with one attached hydrogen (secondary N) is 1. The summed E-state index contributed by atoms with van der Waals surface area (Å²) >= 11 is 0. The van der Waals surface area contributed by atoms with Gasteiger partial charge < -0.3 is 24.1 Å². The third kappa shape index (κ3) is 3.85. The summed E-state index contributed by atoms with van der Waals surface area (Å²) < 4.78 is 18.6. The molecule has 0 spiro atoms. The number of rotatable bonds is 5. The van der Waals surface area contributed by atoms with E-state index >= 15 is 0 Å². The zero-order valence-electron chi connectivity index (χ0n) is 18.6. The third-order valence-electron chi connectivity index (χ3n) is 6.77. The van der Waals surface area contributed by atoms with E-state index < -0.39 is 0 Å². The first-order chi connectivity index (χ1) is 16.2. The molecule has 2 saturated heterocycles. The van der Waals surface area contributed by atoms with Crippen molar-refractivity contribution in [2.45, 2.75) is 31.5 Å². The molecule has 2 fully saturated rings. The Balaban J connectivity index is 1.44. The van der Waals surface area contributed by atoms with Crippen molar-refractivity contribution in [2.75, 3.05) is 46.6 Å². The highest BCUT2D eigenvalue weighted by molar-refractivity contribution is 5.83. The zero-order chi connectivity index (χ0) is 22.4. The van der Waals surface area contributed by atoms with Gasteiger partial charge >= 0.3 is 0 Å². The van der Waals surface area contributed by atoms with Gasteiger partial charge in [0, 0.05) is 49.8 Å². The van der Waals surface area contributed by atoms with E-state index in [-0.39, 0.29) is 24.5 Å². The smallest absolute Gasteiger partial charge is 0.253 e. The maximum absolute atomic E-state index is 13.4. The van der Waals surface area contributed by atoms with Crippen LogP contribution in [-0.2, 0) is 11.3 Å². The lowest BCUT2D eigenvalue weighted by Gasteiger charge is -2.37. The molecule has 3 aliphatic heterocycles. The van der Waals surface area contributed by atoms with Crippen molar-refractivity contribution in [3.05, 3.63) is 39.9 Å². The molecule has 174 valence electrons. The Hall–Kier alpha value is -3.02. The van der Waals surface area contributed by atoms with Gasteiger partial charge in [-0.2, -0.15) is 0 Å². The average Bonchev–Trinajstić information content (AvgIpc) is 3.57. The van der Waals surface area contributed by atoms with Crippen molar-refractivity contribution in [1.29, 1.82) is 0 Å². The third-order valence-corrected chi connectivity index (χ3v) is 6.77. The number of ether oxygens (including phenoxy) is 3. The molecule has 6 rings (SSSR count). The van der Waals surface area contributed by atoms with Gasteiger partial charge in [-0.1, -0.05) is 0 Å². The largest absolute Gasteiger partial charge is 0.454 e. The number of piperazine rings is 1. The monoisotopic (exact) mass is 453 g/mol. The number of H-pyrrole nitrogens is 1. The molecular weight excluding hydrogens is 426 g/mol. The Kier molecular flexibility index (Phi) is 5.24. The maximum atomic E-state index is 13.4. The molecule has 2 atom stereocenters. The summed E-state index contributed by atoms with van der Waals surface area (Å²) in [7, 11) is 2.11. The van der Waals surface area contributed by atoms with E-state index in [1.807, 2.05) is 22.9 Å². The molecule has 0 saturated carbocycles. The van der Waals surface area contributed by atoms with Crippen LogP contribution in [-0.4, -0.2) is 87.7 Å². The summed E-state index contributed by atoms with van der Waals surface area (Å²) in [4.78, 5) is 21.0. The number of hydrogen-bond donors (Lipinski definition) is 1. The van der Waals surface area contributed by atoms with Crippen molar-refractivity contribution in [1.82, 2.24) is 35.0 Å². The topological polar surface area (TPSA) is 111 Å². The lowest BCUT2D eigenvalue weighted by molar-refractivity contribution is 0.0878. The van der Waals surface area contributed by atoms with E-state index in [4.69, 9.17) is 14.2 Å². The van der Waals surface area contributed by atoms with Crippen molar-refractivity contribution in [3.8, 4) is 11.5 Å². The minimum atomic E-state index is -0.367. The van der Waals surface area contributed by atoms with Crippen molar-refractivity contribution >= 4 is 10.9 Å². The van der Waals surface area contributed by atoms with E-state index in [0.717, 1.165) is 51.0 Å².